The monoisotopic (exact) mass is 406 g/mol. The maximum Gasteiger partial charge on any atom is 0.159 e. The molecule has 0 bridgehead atoms. The summed E-state index contributed by atoms with van der Waals surface area (Å²) in [7, 11) is 0. The van der Waals surface area contributed by atoms with Crippen LogP contribution in [0.1, 0.15) is 87.6 Å². The first kappa shape index (κ1) is 21.2. The summed E-state index contributed by atoms with van der Waals surface area (Å²) in [6.07, 6.45) is 9.36. The van der Waals surface area contributed by atoms with Gasteiger partial charge in [-0.1, -0.05) is 44.0 Å². The predicted molar refractivity (Wildman–Crippen MR) is 119 cm³/mol. The normalized spacial score (nSPS) is 34.6. The van der Waals surface area contributed by atoms with Gasteiger partial charge in [-0.3, -0.25) is 9.59 Å². The van der Waals surface area contributed by atoms with E-state index in [0.29, 0.717) is 11.8 Å². The van der Waals surface area contributed by atoms with Crippen molar-refractivity contribution in [3.63, 3.8) is 0 Å². The quantitative estimate of drug-likeness (QED) is 0.383. The molecule has 160 valence electrons. The minimum Gasteiger partial charge on any atom is -0.393 e. The standard InChI is InChI=1S/C27H34O3/c1-4-6-21-18(13-14-28)9-10-22-24-11-12-25(30)27(24,3)16-23(26(21)22)20-8-5-7-19(15-20)17(2)29/h5,7-8,13-15,22-25,30H,4,6,9-12,16H2,1-3H3/b18-13-. The molecule has 3 heteroatoms. The van der Waals surface area contributed by atoms with Gasteiger partial charge in [0.1, 0.15) is 6.29 Å². The van der Waals surface area contributed by atoms with Crippen molar-refractivity contribution in [2.45, 2.75) is 77.7 Å². The summed E-state index contributed by atoms with van der Waals surface area (Å²) in [5.41, 5.74) is 5.92. The lowest BCUT2D eigenvalue weighted by Crippen LogP contribution is -2.44. The minimum atomic E-state index is -0.260. The van der Waals surface area contributed by atoms with E-state index >= 15 is 0 Å². The SMILES string of the molecule is CCCC1=C2C(c3cccc(C(C)=O)c3)CC3(C)C(O)CCC3C2CC/C1=C/C=O. The van der Waals surface area contributed by atoms with E-state index in [1.807, 2.05) is 12.1 Å². The number of carbonyl (C=O) groups is 2. The van der Waals surface area contributed by atoms with Gasteiger partial charge in [-0.15, -0.1) is 0 Å². The molecule has 3 aliphatic rings. The van der Waals surface area contributed by atoms with E-state index in [-0.39, 0.29) is 23.2 Å². The van der Waals surface area contributed by atoms with Crippen LogP contribution in [-0.4, -0.2) is 23.3 Å². The average molecular weight is 407 g/mol. The molecule has 5 unspecified atom stereocenters. The first-order valence-corrected chi connectivity index (χ1v) is 11.6. The maximum atomic E-state index is 12.1. The number of aliphatic hydroxyl groups is 1. The second-order valence-corrected chi connectivity index (χ2v) is 9.80. The molecule has 0 amide bonds. The first-order valence-electron chi connectivity index (χ1n) is 11.6. The smallest absolute Gasteiger partial charge is 0.159 e. The summed E-state index contributed by atoms with van der Waals surface area (Å²) in [5, 5.41) is 11.0. The third kappa shape index (κ3) is 3.41. The lowest BCUT2D eigenvalue weighted by atomic mass is 9.53. The number of aliphatic hydroxyl groups excluding tert-OH is 1. The third-order valence-electron chi connectivity index (χ3n) is 8.19. The topological polar surface area (TPSA) is 54.4 Å². The van der Waals surface area contributed by atoms with Crippen molar-refractivity contribution in [3.05, 3.63) is 58.2 Å². The molecule has 2 saturated carbocycles. The number of hydrogen-bond donors (Lipinski definition) is 1. The molecule has 30 heavy (non-hydrogen) atoms. The van der Waals surface area contributed by atoms with Crippen LogP contribution in [0.4, 0.5) is 0 Å². The Morgan fingerprint density at radius 3 is 2.77 bits per heavy atom. The Morgan fingerprint density at radius 1 is 1.27 bits per heavy atom. The van der Waals surface area contributed by atoms with Crippen LogP contribution < -0.4 is 0 Å². The van der Waals surface area contributed by atoms with Crippen molar-refractivity contribution in [2.24, 2.45) is 17.3 Å². The van der Waals surface area contributed by atoms with E-state index in [0.717, 1.165) is 56.8 Å². The fourth-order valence-electron chi connectivity index (χ4n) is 6.75. The third-order valence-corrected chi connectivity index (χ3v) is 8.19. The van der Waals surface area contributed by atoms with Crippen molar-refractivity contribution < 1.29 is 14.7 Å². The highest BCUT2D eigenvalue weighted by molar-refractivity contribution is 5.94. The van der Waals surface area contributed by atoms with E-state index in [1.165, 1.54) is 22.3 Å². The van der Waals surface area contributed by atoms with Crippen molar-refractivity contribution in [1.29, 1.82) is 0 Å². The lowest BCUT2D eigenvalue weighted by Gasteiger charge is -2.51. The van der Waals surface area contributed by atoms with E-state index in [1.54, 1.807) is 13.0 Å². The van der Waals surface area contributed by atoms with E-state index < -0.39 is 0 Å². The number of benzene rings is 1. The zero-order chi connectivity index (χ0) is 21.5. The minimum absolute atomic E-state index is 0.0853. The molecule has 0 aliphatic heterocycles. The largest absolute Gasteiger partial charge is 0.393 e. The number of fused-ring (bicyclic) bond motifs is 3. The van der Waals surface area contributed by atoms with Gasteiger partial charge in [0, 0.05) is 11.5 Å². The Labute approximate surface area is 180 Å². The number of hydrogen-bond acceptors (Lipinski definition) is 3. The zero-order valence-corrected chi connectivity index (χ0v) is 18.5. The molecule has 1 aromatic carbocycles. The van der Waals surface area contributed by atoms with Gasteiger partial charge in [-0.25, -0.2) is 0 Å². The van der Waals surface area contributed by atoms with Gasteiger partial charge in [-0.2, -0.15) is 0 Å². The number of rotatable bonds is 5. The van der Waals surface area contributed by atoms with E-state index in [4.69, 9.17) is 0 Å². The van der Waals surface area contributed by atoms with Gasteiger partial charge >= 0.3 is 0 Å². The Morgan fingerprint density at radius 2 is 2.07 bits per heavy atom. The molecule has 0 saturated heterocycles. The van der Waals surface area contributed by atoms with Crippen molar-refractivity contribution in [3.8, 4) is 0 Å². The van der Waals surface area contributed by atoms with Crippen LogP contribution in [0.5, 0.6) is 0 Å². The van der Waals surface area contributed by atoms with Crippen molar-refractivity contribution >= 4 is 12.1 Å². The molecule has 0 radical (unpaired) electrons. The fraction of sp³-hybridized carbons (Fsp3) is 0.556. The number of aldehydes is 1. The predicted octanol–water partition coefficient (Wildman–Crippen LogP) is 5.79. The summed E-state index contributed by atoms with van der Waals surface area (Å²) in [6.45, 7) is 6.10. The van der Waals surface area contributed by atoms with Gasteiger partial charge < -0.3 is 5.11 Å². The van der Waals surface area contributed by atoms with Gasteiger partial charge in [0.15, 0.2) is 5.78 Å². The molecule has 3 aliphatic carbocycles. The molecule has 4 rings (SSSR count). The van der Waals surface area contributed by atoms with Crippen LogP contribution in [0, 0.1) is 17.3 Å². The summed E-state index contributed by atoms with van der Waals surface area (Å²) in [4.78, 5) is 23.4. The Kier molecular flexibility index (Phi) is 5.85. The second kappa shape index (κ2) is 8.26. The molecule has 1 aromatic rings. The summed E-state index contributed by atoms with van der Waals surface area (Å²) >= 11 is 0. The highest BCUT2D eigenvalue weighted by atomic mass is 16.3. The highest BCUT2D eigenvalue weighted by Crippen LogP contribution is 2.63. The molecule has 3 nitrogen and oxygen atoms in total. The van der Waals surface area contributed by atoms with Crippen LogP contribution in [0.25, 0.3) is 0 Å². The summed E-state index contributed by atoms with van der Waals surface area (Å²) in [5.74, 6) is 1.24. The van der Waals surface area contributed by atoms with Crippen LogP contribution in [0.2, 0.25) is 0 Å². The molecule has 0 aromatic heterocycles. The van der Waals surface area contributed by atoms with E-state index in [9.17, 15) is 14.7 Å². The lowest BCUT2D eigenvalue weighted by molar-refractivity contribution is -0.104. The Bertz CT molecular complexity index is 908. The summed E-state index contributed by atoms with van der Waals surface area (Å²) in [6, 6.07) is 8.09. The number of carbonyl (C=O) groups excluding carboxylic acids is 2. The molecule has 2 fully saturated rings. The van der Waals surface area contributed by atoms with Crippen LogP contribution in [0.15, 0.2) is 47.1 Å². The number of Topliss-reactive ketones (excluding diaryl/α,β-unsaturated/α-hetero) is 1. The van der Waals surface area contributed by atoms with Crippen molar-refractivity contribution in [1.82, 2.24) is 0 Å². The van der Waals surface area contributed by atoms with Crippen LogP contribution in [-0.2, 0) is 4.79 Å². The van der Waals surface area contributed by atoms with E-state index in [2.05, 4.69) is 26.0 Å². The Balaban J connectivity index is 1.91. The highest BCUT2D eigenvalue weighted by Gasteiger charge is 2.56. The van der Waals surface area contributed by atoms with Gasteiger partial charge in [0.25, 0.3) is 0 Å². The maximum absolute atomic E-state index is 12.1. The van der Waals surface area contributed by atoms with Crippen LogP contribution in [0.3, 0.4) is 0 Å². The average Bonchev–Trinajstić information content (AvgIpc) is 3.04. The summed E-state index contributed by atoms with van der Waals surface area (Å²) < 4.78 is 0. The Hall–Kier alpha value is -2.00. The molecule has 0 heterocycles. The molecule has 0 spiro atoms. The van der Waals surface area contributed by atoms with Crippen LogP contribution >= 0.6 is 0 Å². The zero-order valence-electron chi connectivity index (χ0n) is 18.5. The van der Waals surface area contributed by atoms with Gasteiger partial charge in [0.2, 0.25) is 0 Å². The first-order chi connectivity index (χ1) is 14.4. The van der Waals surface area contributed by atoms with Gasteiger partial charge in [-0.05, 0) is 91.6 Å². The molecule has 5 atom stereocenters. The second-order valence-electron chi connectivity index (χ2n) is 9.80. The molecular formula is C27H34O3. The number of allylic oxidation sites excluding steroid dienone is 4. The number of ketones is 1. The van der Waals surface area contributed by atoms with Crippen molar-refractivity contribution in [2.75, 3.05) is 0 Å². The molecular weight excluding hydrogens is 372 g/mol. The molecule has 1 N–H and O–H groups in total. The van der Waals surface area contributed by atoms with Gasteiger partial charge in [0.05, 0.1) is 6.10 Å². The fourth-order valence-corrected chi connectivity index (χ4v) is 6.75.